The zero-order valence-electron chi connectivity index (χ0n) is 19.6. The van der Waals surface area contributed by atoms with E-state index in [1.165, 1.54) is 78.9 Å². The minimum atomic E-state index is -0.828. The van der Waals surface area contributed by atoms with Crippen molar-refractivity contribution >= 4 is 34.3 Å². The first-order valence-corrected chi connectivity index (χ1v) is 11.3. The molecular weight excluding hydrogens is 491 g/mol. The third kappa shape index (κ3) is 4.93. The minimum absolute atomic E-state index is 0.00132. The first-order chi connectivity index (χ1) is 18.3. The van der Waals surface area contributed by atoms with E-state index in [1.807, 2.05) is 0 Å². The van der Waals surface area contributed by atoms with Gasteiger partial charge in [-0.05, 0) is 91.0 Å². The molecule has 9 heteroatoms. The quantitative estimate of drug-likeness (QED) is 0.187. The second kappa shape index (κ2) is 9.90. The summed E-state index contributed by atoms with van der Waals surface area (Å²) < 4.78 is 30.4. The molecule has 8 nitrogen and oxygen atoms in total. The smallest absolute Gasteiger partial charge is 0.343 e. The van der Waals surface area contributed by atoms with Gasteiger partial charge in [0.15, 0.2) is 5.76 Å². The van der Waals surface area contributed by atoms with Crippen LogP contribution in [0.4, 0.5) is 15.8 Å². The summed E-state index contributed by atoms with van der Waals surface area (Å²) in [6.07, 6.45) is 0. The maximum atomic E-state index is 13.6. The highest BCUT2D eigenvalue weighted by Gasteiger charge is 2.22. The summed E-state index contributed by atoms with van der Waals surface area (Å²) in [6, 6.07) is 21.4. The minimum Gasteiger partial charge on any atom is -0.452 e. The van der Waals surface area contributed by atoms with Gasteiger partial charge in [0.05, 0.1) is 16.5 Å². The number of nitrogens with two attached hydrogens (primary N) is 2. The third-order valence-corrected chi connectivity index (χ3v) is 5.62. The molecule has 4 N–H and O–H groups in total. The molecule has 38 heavy (non-hydrogen) atoms. The fourth-order valence-electron chi connectivity index (χ4n) is 3.66. The molecule has 0 amide bonds. The lowest BCUT2D eigenvalue weighted by molar-refractivity contribution is 0.0724. The molecule has 0 saturated heterocycles. The molecule has 0 spiro atoms. The summed E-state index contributed by atoms with van der Waals surface area (Å²) in [5, 5.41) is -0.00132. The van der Waals surface area contributed by atoms with Crippen LogP contribution < -0.4 is 26.4 Å². The van der Waals surface area contributed by atoms with E-state index in [0.717, 1.165) is 0 Å². The standard InChI is InChI=1S/C29H19FN2O6/c30-19-7-1-16(2-8-19)26-27(38-29(35)18-5-11-21(32)12-6-18)25(33)23-15-22(13-14-24(23)37-26)36-28(34)17-3-9-20(31)10-4-17/h1-15H,31-32H2. The zero-order valence-corrected chi connectivity index (χ0v) is 19.6. The molecule has 0 unspecified atom stereocenters. The monoisotopic (exact) mass is 510 g/mol. The average molecular weight is 510 g/mol. The molecule has 0 aliphatic heterocycles. The van der Waals surface area contributed by atoms with E-state index in [2.05, 4.69) is 0 Å². The molecule has 5 rings (SSSR count). The largest absolute Gasteiger partial charge is 0.452 e. The van der Waals surface area contributed by atoms with Gasteiger partial charge in [-0.25, -0.2) is 14.0 Å². The third-order valence-electron chi connectivity index (χ3n) is 5.62. The van der Waals surface area contributed by atoms with Crippen LogP contribution in [0.15, 0.2) is 100 Å². The molecule has 1 heterocycles. The Morgan fingerprint density at radius 3 is 1.84 bits per heavy atom. The number of hydrogen-bond donors (Lipinski definition) is 2. The van der Waals surface area contributed by atoms with Crippen LogP contribution in [0.2, 0.25) is 0 Å². The Morgan fingerprint density at radius 2 is 1.26 bits per heavy atom. The van der Waals surface area contributed by atoms with Crippen LogP contribution in [0.3, 0.4) is 0 Å². The molecule has 4 aromatic carbocycles. The van der Waals surface area contributed by atoms with Gasteiger partial charge in [-0.3, -0.25) is 4.79 Å². The van der Waals surface area contributed by atoms with Crippen LogP contribution in [0, 0.1) is 5.82 Å². The first-order valence-electron chi connectivity index (χ1n) is 11.3. The first kappa shape index (κ1) is 24.3. The molecule has 0 radical (unpaired) electrons. The number of hydrogen-bond acceptors (Lipinski definition) is 8. The van der Waals surface area contributed by atoms with Gasteiger partial charge in [-0.2, -0.15) is 0 Å². The van der Waals surface area contributed by atoms with E-state index in [1.54, 1.807) is 12.1 Å². The van der Waals surface area contributed by atoms with Gasteiger partial charge in [0.1, 0.15) is 17.1 Å². The van der Waals surface area contributed by atoms with Crippen molar-refractivity contribution in [3.8, 4) is 22.8 Å². The number of esters is 2. The van der Waals surface area contributed by atoms with Crippen molar-refractivity contribution in [1.29, 1.82) is 0 Å². The molecule has 0 atom stereocenters. The molecule has 0 saturated carbocycles. The number of anilines is 2. The molecule has 0 fully saturated rings. The predicted molar refractivity (Wildman–Crippen MR) is 140 cm³/mol. The van der Waals surface area contributed by atoms with Crippen molar-refractivity contribution in [2.75, 3.05) is 11.5 Å². The number of fused-ring (bicyclic) bond motifs is 1. The number of halogens is 1. The fraction of sp³-hybridized carbons (Fsp3) is 0. The number of rotatable bonds is 5. The van der Waals surface area contributed by atoms with Crippen molar-refractivity contribution in [3.63, 3.8) is 0 Å². The zero-order chi connectivity index (χ0) is 26.8. The normalized spacial score (nSPS) is 10.8. The molecule has 5 aromatic rings. The SMILES string of the molecule is Nc1ccc(C(=O)Oc2ccc3oc(-c4ccc(F)cc4)c(OC(=O)c4ccc(N)cc4)c(=O)c3c2)cc1. The number of carbonyl (C=O) groups is 2. The van der Waals surface area contributed by atoms with Crippen LogP contribution in [0.25, 0.3) is 22.3 Å². The van der Waals surface area contributed by atoms with Gasteiger partial charge in [0, 0.05) is 16.9 Å². The van der Waals surface area contributed by atoms with E-state index in [4.69, 9.17) is 25.4 Å². The molecule has 1 aromatic heterocycles. The van der Waals surface area contributed by atoms with Crippen molar-refractivity contribution < 1.29 is 27.9 Å². The molecule has 188 valence electrons. The van der Waals surface area contributed by atoms with Crippen molar-refractivity contribution in [2.45, 2.75) is 0 Å². The van der Waals surface area contributed by atoms with Crippen molar-refractivity contribution in [3.05, 3.63) is 118 Å². The molecule has 0 aliphatic rings. The summed E-state index contributed by atoms with van der Waals surface area (Å²) >= 11 is 0. The van der Waals surface area contributed by atoms with E-state index < -0.39 is 28.9 Å². The summed E-state index contributed by atoms with van der Waals surface area (Å²) in [6.45, 7) is 0. The van der Waals surface area contributed by atoms with Crippen molar-refractivity contribution in [2.24, 2.45) is 0 Å². The highest BCUT2D eigenvalue weighted by molar-refractivity contribution is 5.94. The Kier molecular flexibility index (Phi) is 6.32. The number of benzene rings is 4. The summed E-state index contributed by atoms with van der Waals surface area (Å²) in [5.41, 5.74) is 12.4. The second-order valence-corrected chi connectivity index (χ2v) is 8.28. The topological polar surface area (TPSA) is 135 Å². The van der Waals surface area contributed by atoms with Gasteiger partial charge < -0.3 is 25.4 Å². The van der Waals surface area contributed by atoms with Gasteiger partial charge in [0.25, 0.3) is 0 Å². The van der Waals surface area contributed by atoms with Gasteiger partial charge >= 0.3 is 11.9 Å². The summed E-state index contributed by atoms with van der Waals surface area (Å²) in [5.74, 6) is -2.40. The number of nitrogen functional groups attached to an aromatic ring is 2. The van der Waals surface area contributed by atoms with Crippen LogP contribution in [0.5, 0.6) is 11.5 Å². The Morgan fingerprint density at radius 1 is 0.711 bits per heavy atom. The Bertz CT molecular complexity index is 1730. The van der Waals surface area contributed by atoms with Crippen LogP contribution in [-0.4, -0.2) is 11.9 Å². The fourth-order valence-corrected chi connectivity index (χ4v) is 3.66. The lowest BCUT2D eigenvalue weighted by Gasteiger charge is -2.12. The van der Waals surface area contributed by atoms with E-state index in [0.29, 0.717) is 16.9 Å². The van der Waals surface area contributed by atoms with Crippen molar-refractivity contribution in [1.82, 2.24) is 0 Å². The molecule has 0 aliphatic carbocycles. The maximum Gasteiger partial charge on any atom is 0.343 e. The van der Waals surface area contributed by atoms with E-state index in [-0.39, 0.29) is 33.6 Å². The predicted octanol–water partition coefficient (Wildman–Crippen LogP) is 5.20. The lowest BCUT2D eigenvalue weighted by Crippen LogP contribution is -2.16. The molecular formula is C29H19FN2O6. The maximum absolute atomic E-state index is 13.6. The van der Waals surface area contributed by atoms with Gasteiger partial charge in [0.2, 0.25) is 11.2 Å². The summed E-state index contributed by atoms with van der Waals surface area (Å²) in [7, 11) is 0. The molecule has 0 bridgehead atoms. The number of carbonyl (C=O) groups excluding carboxylic acids is 2. The van der Waals surface area contributed by atoms with E-state index in [9.17, 15) is 18.8 Å². The highest BCUT2D eigenvalue weighted by Crippen LogP contribution is 2.33. The Hall–Kier alpha value is -5.44. The highest BCUT2D eigenvalue weighted by atomic mass is 19.1. The van der Waals surface area contributed by atoms with Crippen LogP contribution in [-0.2, 0) is 0 Å². The summed E-state index contributed by atoms with van der Waals surface area (Å²) in [4.78, 5) is 39.0. The Balaban J connectivity index is 1.57. The van der Waals surface area contributed by atoms with Crippen LogP contribution >= 0.6 is 0 Å². The van der Waals surface area contributed by atoms with E-state index >= 15 is 0 Å². The Labute approximate surface area is 214 Å². The van der Waals surface area contributed by atoms with Gasteiger partial charge in [-0.1, -0.05) is 0 Å². The second-order valence-electron chi connectivity index (χ2n) is 8.28. The lowest BCUT2D eigenvalue weighted by atomic mass is 10.1. The van der Waals surface area contributed by atoms with Crippen LogP contribution in [0.1, 0.15) is 20.7 Å². The van der Waals surface area contributed by atoms with Gasteiger partial charge in [-0.15, -0.1) is 0 Å². The average Bonchev–Trinajstić information content (AvgIpc) is 2.91. The number of ether oxygens (including phenoxy) is 2.